The number of amides is 4. The maximum Gasteiger partial charge on any atom is 0.318 e. The Bertz CT molecular complexity index is 1050. The van der Waals surface area contributed by atoms with E-state index in [0.29, 0.717) is 63.7 Å². The van der Waals surface area contributed by atoms with Crippen molar-refractivity contribution in [2.24, 2.45) is 0 Å². The predicted octanol–water partition coefficient (Wildman–Crippen LogP) is 2.04. The van der Waals surface area contributed by atoms with Crippen molar-refractivity contribution in [3.63, 3.8) is 0 Å². The zero-order valence-corrected chi connectivity index (χ0v) is 21.0. The molecule has 4 amide bonds. The van der Waals surface area contributed by atoms with Gasteiger partial charge < -0.3 is 25.2 Å². The fraction of sp³-hybridized carbons (Fsp3) is 0.462. The van der Waals surface area contributed by atoms with Crippen molar-refractivity contribution in [2.45, 2.75) is 37.8 Å². The molecule has 0 spiro atoms. The van der Waals surface area contributed by atoms with Crippen LogP contribution >= 0.6 is 11.6 Å². The largest absolute Gasteiger partial charge is 0.378 e. The van der Waals surface area contributed by atoms with Gasteiger partial charge in [-0.3, -0.25) is 14.6 Å². The Morgan fingerprint density at radius 2 is 1.92 bits per heavy atom. The molecule has 10 heteroatoms. The van der Waals surface area contributed by atoms with Crippen molar-refractivity contribution in [3.8, 4) is 0 Å². The smallest absolute Gasteiger partial charge is 0.318 e. The summed E-state index contributed by atoms with van der Waals surface area (Å²) < 4.78 is 5.33. The molecule has 0 unspecified atom stereocenters. The molecule has 2 saturated heterocycles. The van der Waals surface area contributed by atoms with Gasteiger partial charge in [0, 0.05) is 50.0 Å². The molecule has 0 bridgehead atoms. The number of carbonyl (C=O) groups excluding carboxylic acids is 3. The lowest BCUT2D eigenvalue weighted by molar-refractivity contribution is -0.139. The Labute approximate surface area is 216 Å². The number of morpholine rings is 1. The third-order valence-corrected chi connectivity index (χ3v) is 6.92. The molecule has 2 fully saturated rings. The minimum Gasteiger partial charge on any atom is -0.378 e. The molecule has 2 aliphatic rings. The van der Waals surface area contributed by atoms with Crippen LogP contribution in [0.25, 0.3) is 0 Å². The van der Waals surface area contributed by atoms with Crippen LogP contribution in [0.1, 0.15) is 24.0 Å². The molecule has 192 valence electrons. The van der Waals surface area contributed by atoms with Gasteiger partial charge in [-0.05, 0) is 42.5 Å². The molecule has 2 N–H and O–H groups in total. The summed E-state index contributed by atoms with van der Waals surface area (Å²) in [5.74, 6) is -0.447. The monoisotopic (exact) mass is 513 g/mol. The molecule has 36 heavy (non-hydrogen) atoms. The first-order valence-corrected chi connectivity index (χ1v) is 12.7. The lowest BCUT2D eigenvalue weighted by atomic mass is 10.1. The zero-order valence-electron chi connectivity index (χ0n) is 20.2. The van der Waals surface area contributed by atoms with Crippen LogP contribution in [0.5, 0.6) is 0 Å². The van der Waals surface area contributed by atoms with Crippen LogP contribution in [0.2, 0.25) is 5.02 Å². The van der Waals surface area contributed by atoms with Gasteiger partial charge in [-0.1, -0.05) is 35.9 Å². The number of hydrogen-bond donors (Lipinski definition) is 2. The van der Waals surface area contributed by atoms with Crippen molar-refractivity contribution in [1.29, 1.82) is 0 Å². The number of urea groups is 1. The van der Waals surface area contributed by atoms with Crippen molar-refractivity contribution in [1.82, 2.24) is 25.4 Å². The quantitative estimate of drug-likeness (QED) is 0.562. The molecule has 0 saturated carbocycles. The van der Waals surface area contributed by atoms with Gasteiger partial charge in [0.05, 0.1) is 13.2 Å². The summed E-state index contributed by atoms with van der Waals surface area (Å²) in [6.07, 6.45) is 5.55. The Morgan fingerprint density at radius 1 is 1.11 bits per heavy atom. The van der Waals surface area contributed by atoms with E-state index >= 15 is 0 Å². The van der Waals surface area contributed by atoms with E-state index in [1.54, 1.807) is 28.3 Å². The van der Waals surface area contributed by atoms with E-state index in [0.717, 1.165) is 17.5 Å². The van der Waals surface area contributed by atoms with Crippen LogP contribution < -0.4 is 10.6 Å². The summed E-state index contributed by atoms with van der Waals surface area (Å²) in [7, 11) is 0. The minimum atomic E-state index is -0.805. The molecule has 2 atom stereocenters. The van der Waals surface area contributed by atoms with E-state index in [2.05, 4.69) is 15.6 Å². The second-order valence-electron chi connectivity index (χ2n) is 8.99. The number of halogens is 1. The van der Waals surface area contributed by atoms with Crippen LogP contribution in [0.15, 0.2) is 48.8 Å². The molecule has 1 aromatic heterocycles. The lowest BCUT2D eigenvalue weighted by Crippen LogP contribution is -2.57. The van der Waals surface area contributed by atoms with E-state index in [-0.39, 0.29) is 17.8 Å². The zero-order chi connectivity index (χ0) is 25.3. The third-order valence-electron chi connectivity index (χ3n) is 6.55. The second kappa shape index (κ2) is 12.7. The molecule has 9 nitrogen and oxygen atoms in total. The number of hydrogen-bond acceptors (Lipinski definition) is 5. The highest BCUT2D eigenvalue weighted by Crippen LogP contribution is 2.20. The first kappa shape index (κ1) is 25.9. The number of benzene rings is 1. The van der Waals surface area contributed by atoms with Crippen molar-refractivity contribution in [2.75, 3.05) is 39.4 Å². The van der Waals surface area contributed by atoms with Crippen molar-refractivity contribution in [3.05, 3.63) is 64.9 Å². The number of rotatable bonds is 8. The van der Waals surface area contributed by atoms with E-state index < -0.39 is 12.1 Å². The van der Waals surface area contributed by atoms with Gasteiger partial charge >= 0.3 is 6.03 Å². The first-order valence-electron chi connectivity index (χ1n) is 12.4. The molecule has 2 aliphatic heterocycles. The summed E-state index contributed by atoms with van der Waals surface area (Å²) in [6.45, 7) is 2.78. The van der Waals surface area contributed by atoms with E-state index in [4.69, 9.17) is 16.3 Å². The maximum atomic E-state index is 13.7. The molecular formula is C26H32ClN5O4. The molecule has 4 rings (SSSR count). The maximum absolute atomic E-state index is 13.7. The topological polar surface area (TPSA) is 104 Å². The first-order chi connectivity index (χ1) is 17.5. The lowest BCUT2D eigenvalue weighted by Gasteiger charge is -2.32. The standard InChI is InChI=1S/C26H32ClN5O4/c27-21-7-2-1-6-20(21)9-11-29-24(33)23-8-4-12-32(23)25(34)22(17-19-5-3-10-28-18-19)30-26(35)31-13-15-36-16-14-31/h1-3,5-7,10,18,22-23H,4,8-9,11-17H2,(H,29,33)(H,30,35)/t22-,23-/m0/s1. The van der Waals surface area contributed by atoms with Gasteiger partial charge in [0.15, 0.2) is 0 Å². The Kier molecular flexibility index (Phi) is 9.13. The minimum absolute atomic E-state index is 0.187. The number of carbonyl (C=O) groups is 3. The van der Waals surface area contributed by atoms with Crippen LogP contribution in [0.3, 0.4) is 0 Å². The van der Waals surface area contributed by atoms with E-state index in [9.17, 15) is 14.4 Å². The number of nitrogens with one attached hydrogen (secondary N) is 2. The Balaban J connectivity index is 1.41. The fourth-order valence-corrected chi connectivity index (χ4v) is 4.83. The van der Waals surface area contributed by atoms with Crippen molar-refractivity contribution >= 4 is 29.4 Å². The number of ether oxygens (including phenoxy) is 1. The number of likely N-dealkylation sites (tertiary alicyclic amines) is 1. The Hall–Kier alpha value is -3.17. The number of aromatic nitrogens is 1. The summed E-state index contributed by atoms with van der Waals surface area (Å²) in [5.41, 5.74) is 1.79. The van der Waals surface area contributed by atoms with Gasteiger partial charge in [0.25, 0.3) is 0 Å². The van der Waals surface area contributed by atoms with Crippen LogP contribution in [-0.4, -0.2) is 84.1 Å². The molecule has 2 aromatic rings. The highest BCUT2D eigenvalue weighted by Gasteiger charge is 2.38. The van der Waals surface area contributed by atoms with Gasteiger partial charge in [0.1, 0.15) is 12.1 Å². The van der Waals surface area contributed by atoms with Gasteiger partial charge in [-0.15, -0.1) is 0 Å². The highest BCUT2D eigenvalue weighted by atomic mass is 35.5. The van der Waals surface area contributed by atoms with Gasteiger partial charge in [-0.2, -0.15) is 0 Å². The highest BCUT2D eigenvalue weighted by molar-refractivity contribution is 6.31. The van der Waals surface area contributed by atoms with Crippen molar-refractivity contribution < 1.29 is 19.1 Å². The van der Waals surface area contributed by atoms with Gasteiger partial charge in [0.2, 0.25) is 11.8 Å². The molecular weight excluding hydrogens is 482 g/mol. The number of nitrogens with zero attached hydrogens (tertiary/aromatic N) is 3. The molecule has 0 radical (unpaired) electrons. The fourth-order valence-electron chi connectivity index (χ4n) is 4.60. The summed E-state index contributed by atoms with van der Waals surface area (Å²) in [4.78, 5) is 47.0. The van der Waals surface area contributed by atoms with Crippen LogP contribution in [0, 0.1) is 0 Å². The normalized spacial score (nSPS) is 18.5. The number of pyridine rings is 1. The Morgan fingerprint density at radius 3 is 2.67 bits per heavy atom. The van der Waals surface area contributed by atoms with Gasteiger partial charge in [-0.25, -0.2) is 4.79 Å². The molecule has 3 heterocycles. The third kappa shape index (κ3) is 6.73. The van der Waals surface area contributed by atoms with Crippen LogP contribution in [0.4, 0.5) is 4.79 Å². The average molecular weight is 514 g/mol. The predicted molar refractivity (Wildman–Crippen MR) is 136 cm³/mol. The SMILES string of the molecule is O=C(NCCc1ccccc1Cl)[C@@H]1CCCN1C(=O)[C@H](Cc1cccnc1)NC(=O)N1CCOCC1. The second-order valence-corrected chi connectivity index (χ2v) is 9.40. The van der Waals surface area contributed by atoms with E-state index in [1.165, 1.54) is 0 Å². The van der Waals surface area contributed by atoms with Crippen LogP contribution in [-0.2, 0) is 27.2 Å². The molecule has 1 aromatic carbocycles. The molecule has 0 aliphatic carbocycles. The summed E-state index contributed by atoms with van der Waals surface area (Å²) >= 11 is 6.22. The van der Waals surface area contributed by atoms with E-state index in [1.807, 2.05) is 30.3 Å². The summed E-state index contributed by atoms with van der Waals surface area (Å²) in [6, 6.07) is 9.52. The summed E-state index contributed by atoms with van der Waals surface area (Å²) in [5, 5.41) is 6.53. The average Bonchev–Trinajstić information content (AvgIpc) is 3.40.